The molecule has 2 N–H and O–H groups in total. The maximum atomic E-state index is 11.5. The minimum absolute atomic E-state index is 0.123. The Morgan fingerprint density at radius 2 is 2.38 bits per heavy atom. The van der Waals surface area contributed by atoms with Gasteiger partial charge in [0.15, 0.2) is 0 Å². The number of nitrogens with one attached hydrogen (secondary N) is 1. The van der Waals surface area contributed by atoms with Gasteiger partial charge in [0.1, 0.15) is 0 Å². The van der Waals surface area contributed by atoms with Crippen LogP contribution in [0.15, 0.2) is 17.2 Å². The predicted octanol–water partition coefficient (Wildman–Crippen LogP) is -0.0878. The SMILES string of the molecule is CCCNCC(O)Cn1cnc(C)cc1=O. The Kier molecular flexibility index (Phi) is 5.14. The molecule has 0 saturated heterocycles. The molecule has 0 aromatic carbocycles. The Morgan fingerprint density at radius 3 is 3.00 bits per heavy atom. The molecule has 0 aliphatic heterocycles. The molecular formula is C11H19N3O2. The molecule has 0 amide bonds. The second-order valence-electron chi connectivity index (χ2n) is 3.88. The summed E-state index contributed by atoms with van der Waals surface area (Å²) in [6.45, 7) is 5.48. The van der Waals surface area contributed by atoms with E-state index in [1.54, 1.807) is 6.92 Å². The predicted molar refractivity (Wildman–Crippen MR) is 62.4 cm³/mol. The molecule has 1 atom stereocenters. The van der Waals surface area contributed by atoms with Crippen molar-refractivity contribution in [1.29, 1.82) is 0 Å². The number of aryl methyl sites for hydroxylation is 1. The van der Waals surface area contributed by atoms with E-state index < -0.39 is 6.10 Å². The van der Waals surface area contributed by atoms with E-state index in [0.29, 0.717) is 12.2 Å². The lowest BCUT2D eigenvalue weighted by atomic mass is 10.3. The Labute approximate surface area is 95.1 Å². The Bertz CT molecular complexity index is 376. The molecule has 0 radical (unpaired) electrons. The van der Waals surface area contributed by atoms with Crippen LogP contribution in [-0.2, 0) is 6.54 Å². The van der Waals surface area contributed by atoms with Crippen LogP contribution in [0.3, 0.4) is 0 Å². The van der Waals surface area contributed by atoms with Crippen LogP contribution in [0, 0.1) is 6.92 Å². The van der Waals surface area contributed by atoms with E-state index in [2.05, 4.69) is 17.2 Å². The van der Waals surface area contributed by atoms with Crippen LogP contribution in [-0.4, -0.2) is 33.9 Å². The summed E-state index contributed by atoms with van der Waals surface area (Å²) in [7, 11) is 0. The number of hydrogen-bond acceptors (Lipinski definition) is 4. The summed E-state index contributed by atoms with van der Waals surface area (Å²) >= 11 is 0. The molecular weight excluding hydrogens is 206 g/mol. The Balaban J connectivity index is 2.49. The van der Waals surface area contributed by atoms with Crippen molar-refractivity contribution >= 4 is 0 Å². The van der Waals surface area contributed by atoms with Gasteiger partial charge >= 0.3 is 0 Å². The summed E-state index contributed by atoms with van der Waals surface area (Å²) in [5, 5.41) is 12.8. The van der Waals surface area contributed by atoms with E-state index in [1.807, 2.05) is 0 Å². The number of rotatable bonds is 6. The first-order valence-electron chi connectivity index (χ1n) is 5.55. The van der Waals surface area contributed by atoms with E-state index in [4.69, 9.17) is 0 Å². The fraction of sp³-hybridized carbons (Fsp3) is 0.636. The maximum absolute atomic E-state index is 11.5. The van der Waals surface area contributed by atoms with Crippen LogP contribution in [0.2, 0.25) is 0 Å². The van der Waals surface area contributed by atoms with E-state index in [-0.39, 0.29) is 12.1 Å². The summed E-state index contributed by atoms with van der Waals surface area (Å²) in [6.07, 6.45) is 1.94. The zero-order chi connectivity index (χ0) is 12.0. The van der Waals surface area contributed by atoms with Crippen molar-refractivity contribution in [2.75, 3.05) is 13.1 Å². The van der Waals surface area contributed by atoms with Crippen molar-refractivity contribution < 1.29 is 5.11 Å². The van der Waals surface area contributed by atoms with Crippen LogP contribution in [0.4, 0.5) is 0 Å². The third-order valence-corrected chi connectivity index (χ3v) is 2.23. The fourth-order valence-corrected chi connectivity index (χ4v) is 1.39. The molecule has 1 unspecified atom stereocenters. The number of nitrogens with zero attached hydrogens (tertiary/aromatic N) is 2. The quantitative estimate of drug-likeness (QED) is 0.664. The molecule has 0 bridgehead atoms. The lowest BCUT2D eigenvalue weighted by molar-refractivity contribution is 0.150. The Morgan fingerprint density at radius 1 is 1.62 bits per heavy atom. The first kappa shape index (κ1) is 12.9. The largest absolute Gasteiger partial charge is 0.390 e. The van der Waals surface area contributed by atoms with Crippen molar-refractivity contribution in [3.05, 3.63) is 28.4 Å². The van der Waals surface area contributed by atoms with Crippen LogP contribution in [0.25, 0.3) is 0 Å². The van der Waals surface area contributed by atoms with Gasteiger partial charge in [-0.2, -0.15) is 0 Å². The van der Waals surface area contributed by atoms with Gasteiger partial charge in [-0.15, -0.1) is 0 Å². The van der Waals surface area contributed by atoms with Gasteiger partial charge in [0, 0.05) is 18.3 Å². The van der Waals surface area contributed by atoms with Gasteiger partial charge in [0.2, 0.25) is 0 Å². The van der Waals surface area contributed by atoms with Crippen molar-refractivity contribution in [3.63, 3.8) is 0 Å². The smallest absolute Gasteiger partial charge is 0.253 e. The van der Waals surface area contributed by atoms with Gasteiger partial charge < -0.3 is 10.4 Å². The minimum atomic E-state index is -0.561. The minimum Gasteiger partial charge on any atom is -0.390 e. The molecule has 0 saturated carbocycles. The van der Waals surface area contributed by atoms with Gasteiger partial charge in [0.25, 0.3) is 5.56 Å². The average Bonchev–Trinajstić information content (AvgIpc) is 2.23. The maximum Gasteiger partial charge on any atom is 0.253 e. The molecule has 0 fully saturated rings. The first-order valence-corrected chi connectivity index (χ1v) is 5.55. The molecule has 0 aliphatic rings. The average molecular weight is 225 g/mol. The van der Waals surface area contributed by atoms with Crippen molar-refractivity contribution in [2.45, 2.75) is 32.9 Å². The number of aliphatic hydroxyl groups excluding tert-OH is 1. The van der Waals surface area contributed by atoms with Crippen LogP contribution < -0.4 is 10.9 Å². The van der Waals surface area contributed by atoms with Crippen LogP contribution in [0.1, 0.15) is 19.0 Å². The normalized spacial score (nSPS) is 12.7. The Hall–Kier alpha value is -1.20. The monoisotopic (exact) mass is 225 g/mol. The van der Waals surface area contributed by atoms with Gasteiger partial charge in [-0.3, -0.25) is 9.36 Å². The molecule has 1 aromatic rings. The topological polar surface area (TPSA) is 67.2 Å². The molecule has 0 spiro atoms. The van der Waals surface area contributed by atoms with Gasteiger partial charge in [-0.1, -0.05) is 6.92 Å². The zero-order valence-corrected chi connectivity index (χ0v) is 9.81. The second kappa shape index (κ2) is 6.40. The number of aliphatic hydroxyl groups is 1. The first-order chi connectivity index (χ1) is 7.63. The van der Waals surface area contributed by atoms with Crippen LogP contribution in [0.5, 0.6) is 0 Å². The molecule has 5 nitrogen and oxygen atoms in total. The highest BCUT2D eigenvalue weighted by molar-refractivity contribution is 4.96. The molecule has 0 aliphatic carbocycles. The lowest BCUT2D eigenvalue weighted by Crippen LogP contribution is -2.34. The summed E-state index contributed by atoms with van der Waals surface area (Å²) in [4.78, 5) is 15.5. The van der Waals surface area contributed by atoms with E-state index >= 15 is 0 Å². The third kappa shape index (κ3) is 4.12. The van der Waals surface area contributed by atoms with Crippen molar-refractivity contribution in [3.8, 4) is 0 Å². The highest BCUT2D eigenvalue weighted by Crippen LogP contribution is 1.89. The highest BCUT2D eigenvalue weighted by atomic mass is 16.3. The summed E-state index contributed by atoms with van der Waals surface area (Å²) in [6, 6.07) is 1.46. The summed E-state index contributed by atoms with van der Waals surface area (Å²) < 4.78 is 1.42. The van der Waals surface area contributed by atoms with Gasteiger partial charge in [-0.05, 0) is 19.9 Å². The third-order valence-electron chi connectivity index (χ3n) is 2.23. The zero-order valence-electron chi connectivity index (χ0n) is 9.81. The number of hydrogen-bond donors (Lipinski definition) is 2. The van der Waals surface area contributed by atoms with E-state index in [1.165, 1.54) is 17.0 Å². The molecule has 1 heterocycles. The molecule has 5 heteroatoms. The fourth-order valence-electron chi connectivity index (χ4n) is 1.39. The van der Waals surface area contributed by atoms with Crippen molar-refractivity contribution in [2.24, 2.45) is 0 Å². The standard InChI is InChI=1S/C11H19N3O2/c1-3-4-12-6-10(15)7-14-8-13-9(2)5-11(14)16/h5,8,10,12,15H,3-4,6-7H2,1-2H3. The van der Waals surface area contributed by atoms with Gasteiger partial charge in [0.05, 0.1) is 19.0 Å². The summed E-state index contributed by atoms with van der Waals surface area (Å²) in [5.74, 6) is 0. The molecule has 16 heavy (non-hydrogen) atoms. The van der Waals surface area contributed by atoms with Crippen LogP contribution >= 0.6 is 0 Å². The van der Waals surface area contributed by atoms with E-state index in [9.17, 15) is 9.90 Å². The number of aromatic nitrogens is 2. The molecule has 90 valence electrons. The summed E-state index contributed by atoms with van der Waals surface area (Å²) in [5.41, 5.74) is 0.571. The highest BCUT2D eigenvalue weighted by Gasteiger charge is 2.05. The lowest BCUT2D eigenvalue weighted by Gasteiger charge is -2.12. The van der Waals surface area contributed by atoms with Crippen molar-refractivity contribution in [1.82, 2.24) is 14.9 Å². The second-order valence-corrected chi connectivity index (χ2v) is 3.88. The van der Waals surface area contributed by atoms with E-state index in [0.717, 1.165) is 13.0 Å². The van der Waals surface area contributed by atoms with Gasteiger partial charge in [-0.25, -0.2) is 4.98 Å². The molecule has 1 aromatic heterocycles. The molecule has 1 rings (SSSR count).